The first-order valence-electron chi connectivity index (χ1n) is 11.3. The van der Waals surface area contributed by atoms with Crippen LogP contribution in [0.25, 0.3) is 16.9 Å². The van der Waals surface area contributed by atoms with Crippen molar-refractivity contribution in [2.45, 2.75) is 19.3 Å². The van der Waals surface area contributed by atoms with Gasteiger partial charge in [0, 0.05) is 36.0 Å². The Balaban J connectivity index is 1.49. The number of fused-ring (bicyclic) bond motifs is 1. The Hall–Kier alpha value is -3.93. The second kappa shape index (κ2) is 9.74. The molecule has 0 bridgehead atoms. The fourth-order valence-corrected chi connectivity index (χ4v) is 4.68. The van der Waals surface area contributed by atoms with Gasteiger partial charge in [0.2, 0.25) is 5.95 Å². The predicted molar refractivity (Wildman–Crippen MR) is 137 cm³/mol. The number of nitrogens with two attached hydrogens (primary N) is 1. The molecule has 1 amide bonds. The van der Waals surface area contributed by atoms with E-state index in [0.29, 0.717) is 33.7 Å². The summed E-state index contributed by atoms with van der Waals surface area (Å²) in [6.45, 7) is 4.46. The number of amides is 1. The largest absolute Gasteiger partial charge is 0.369 e. The molecule has 1 aliphatic rings. The molecule has 3 aromatic heterocycles. The minimum atomic E-state index is -0.298. The number of nitrogens with zero attached hydrogens (tertiary/aromatic N) is 5. The topological polar surface area (TPSA) is 101 Å². The Kier molecular flexibility index (Phi) is 6.36. The van der Waals surface area contributed by atoms with Gasteiger partial charge in [-0.15, -0.1) is 5.92 Å². The molecule has 1 atom stereocenters. The molecule has 0 saturated carbocycles. The Morgan fingerprint density at radius 3 is 2.89 bits per heavy atom. The number of halogens is 1. The van der Waals surface area contributed by atoms with Crippen molar-refractivity contribution in [2.75, 3.05) is 30.7 Å². The first-order valence-corrected chi connectivity index (χ1v) is 11.7. The van der Waals surface area contributed by atoms with Gasteiger partial charge in [-0.25, -0.2) is 15.0 Å². The van der Waals surface area contributed by atoms with Crippen LogP contribution in [0.1, 0.15) is 35.3 Å². The van der Waals surface area contributed by atoms with Crippen molar-refractivity contribution in [3.8, 4) is 23.2 Å². The number of carbonyl (C=O) groups excluding carboxylic acids is 1. The van der Waals surface area contributed by atoms with Gasteiger partial charge in [0.15, 0.2) is 0 Å². The highest BCUT2D eigenvalue weighted by molar-refractivity contribution is 6.33. The number of likely N-dealkylation sites (tertiary alicyclic amines) is 1. The second-order valence-corrected chi connectivity index (χ2v) is 8.76. The van der Waals surface area contributed by atoms with Crippen molar-refractivity contribution in [1.29, 1.82) is 0 Å². The molecular formula is C26H24ClN7O. The molecule has 1 aromatic carbocycles. The molecule has 35 heavy (non-hydrogen) atoms. The maximum absolute atomic E-state index is 12.7. The third kappa shape index (κ3) is 4.56. The van der Waals surface area contributed by atoms with Crippen molar-refractivity contribution in [1.82, 2.24) is 24.3 Å². The van der Waals surface area contributed by atoms with Crippen molar-refractivity contribution >= 4 is 34.8 Å². The average molecular weight is 486 g/mol. The third-order valence-electron chi connectivity index (χ3n) is 6.13. The van der Waals surface area contributed by atoms with Crippen molar-refractivity contribution < 1.29 is 4.79 Å². The first kappa shape index (κ1) is 22.8. The summed E-state index contributed by atoms with van der Waals surface area (Å²) >= 11 is 6.68. The molecule has 3 N–H and O–H groups in total. The van der Waals surface area contributed by atoms with Gasteiger partial charge >= 0.3 is 0 Å². The summed E-state index contributed by atoms with van der Waals surface area (Å²) in [6, 6.07) is 12.4. The highest BCUT2D eigenvalue weighted by atomic mass is 35.5. The minimum Gasteiger partial charge on any atom is -0.369 e. The molecule has 9 heteroatoms. The lowest BCUT2D eigenvalue weighted by Gasteiger charge is -2.11. The van der Waals surface area contributed by atoms with E-state index in [2.05, 4.69) is 32.0 Å². The second-order valence-electron chi connectivity index (χ2n) is 8.36. The molecule has 1 saturated heterocycles. The quantitative estimate of drug-likeness (QED) is 0.413. The summed E-state index contributed by atoms with van der Waals surface area (Å²) in [5.41, 5.74) is 9.25. The van der Waals surface area contributed by atoms with Crippen LogP contribution in [0, 0.1) is 11.8 Å². The number of anilines is 2. The zero-order valence-electron chi connectivity index (χ0n) is 19.2. The van der Waals surface area contributed by atoms with Gasteiger partial charge in [-0.05, 0) is 56.3 Å². The highest BCUT2D eigenvalue weighted by Gasteiger charge is 2.29. The van der Waals surface area contributed by atoms with Crippen LogP contribution in [-0.4, -0.2) is 49.8 Å². The van der Waals surface area contributed by atoms with Gasteiger partial charge in [0.25, 0.3) is 5.91 Å². The van der Waals surface area contributed by atoms with Gasteiger partial charge in [-0.2, -0.15) is 0 Å². The van der Waals surface area contributed by atoms with E-state index in [-0.39, 0.29) is 11.8 Å². The molecule has 0 spiro atoms. The number of imidazole rings is 1. The molecule has 0 aliphatic carbocycles. The van der Waals surface area contributed by atoms with Crippen LogP contribution < -0.4 is 11.1 Å². The number of rotatable bonds is 5. The van der Waals surface area contributed by atoms with Crippen molar-refractivity contribution in [3.05, 3.63) is 71.1 Å². The summed E-state index contributed by atoms with van der Waals surface area (Å²) in [6.07, 6.45) is 4.30. The maximum Gasteiger partial charge on any atom is 0.256 e. The van der Waals surface area contributed by atoms with E-state index in [0.717, 1.165) is 37.3 Å². The third-order valence-corrected chi connectivity index (χ3v) is 6.44. The SMILES string of the molecule is CC#CCN1CCC(c2nc(-c3ccc(C(=O)Nc4ccccn4)cc3Cl)n3c(N)nccc23)C1. The monoisotopic (exact) mass is 485 g/mol. The molecule has 5 rings (SSSR count). The van der Waals surface area contributed by atoms with E-state index >= 15 is 0 Å². The van der Waals surface area contributed by atoms with Crippen LogP contribution in [0.2, 0.25) is 5.02 Å². The maximum atomic E-state index is 12.7. The lowest BCUT2D eigenvalue weighted by molar-refractivity contribution is 0.102. The van der Waals surface area contributed by atoms with E-state index in [4.69, 9.17) is 22.3 Å². The number of hydrogen-bond acceptors (Lipinski definition) is 6. The number of pyridine rings is 1. The Morgan fingerprint density at radius 2 is 2.11 bits per heavy atom. The van der Waals surface area contributed by atoms with Crippen LogP contribution in [0.15, 0.2) is 54.9 Å². The zero-order chi connectivity index (χ0) is 24.4. The fourth-order valence-electron chi connectivity index (χ4n) is 4.42. The molecule has 4 aromatic rings. The summed E-state index contributed by atoms with van der Waals surface area (Å²) in [5, 5.41) is 3.16. The molecule has 0 radical (unpaired) electrons. The van der Waals surface area contributed by atoms with Crippen molar-refractivity contribution in [2.24, 2.45) is 0 Å². The normalized spacial score (nSPS) is 15.7. The van der Waals surface area contributed by atoms with Crippen molar-refractivity contribution in [3.63, 3.8) is 0 Å². The van der Waals surface area contributed by atoms with Gasteiger partial charge in [-0.3, -0.25) is 14.1 Å². The Bertz CT molecular complexity index is 1460. The smallest absolute Gasteiger partial charge is 0.256 e. The lowest BCUT2D eigenvalue weighted by Crippen LogP contribution is -2.20. The highest BCUT2D eigenvalue weighted by Crippen LogP contribution is 2.36. The number of nitrogens with one attached hydrogen (secondary N) is 1. The van der Waals surface area contributed by atoms with Crippen LogP contribution in [-0.2, 0) is 0 Å². The van der Waals surface area contributed by atoms with Crippen LogP contribution in [0.5, 0.6) is 0 Å². The van der Waals surface area contributed by atoms with E-state index in [1.54, 1.807) is 48.8 Å². The van der Waals surface area contributed by atoms with E-state index < -0.39 is 0 Å². The predicted octanol–water partition coefficient (Wildman–Crippen LogP) is 4.09. The number of benzene rings is 1. The molecule has 1 aliphatic heterocycles. The molecule has 176 valence electrons. The molecule has 4 heterocycles. The summed E-state index contributed by atoms with van der Waals surface area (Å²) in [7, 11) is 0. The van der Waals surface area contributed by atoms with Gasteiger partial charge < -0.3 is 11.1 Å². The average Bonchev–Trinajstić information content (AvgIpc) is 3.49. The molecule has 8 nitrogen and oxygen atoms in total. The summed E-state index contributed by atoms with van der Waals surface area (Å²) in [5.74, 6) is 7.46. The Morgan fingerprint density at radius 1 is 1.23 bits per heavy atom. The molecule has 1 unspecified atom stereocenters. The Labute approximate surface area is 208 Å². The fraction of sp³-hybridized carbons (Fsp3) is 0.231. The lowest BCUT2D eigenvalue weighted by atomic mass is 10.0. The first-order chi connectivity index (χ1) is 17.0. The van der Waals surface area contributed by atoms with Gasteiger partial charge in [0.1, 0.15) is 11.6 Å². The molecule has 1 fully saturated rings. The number of nitrogen functional groups attached to an aromatic ring is 1. The van der Waals surface area contributed by atoms with E-state index in [1.165, 1.54) is 0 Å². The minimum absolute atomic E-state index is 0.251. The standard InChI is InChI=1S/C26H24ClN7O/c1-2-3-13-33-14-10-18(16-33)23-21-9-12-30-26(28)34(21)24(32-23)19-8-7-17(15-20(19)27)25(35)31-22-6-4-5-11-29-22/h4-9,11-12,15,18H,10,13-14,16H2,1H3,(H2,28,30)(H,29,31,35). The number of aromatic nitrogens is 4. The van der Waals surface area contributed by atoms with Gasteiger partial charge in [-0.1, -0.05) is 23.6 Å². The number of hydrogen-bond donors (Lipinski definition) is 2. The van der Waals surface area contributed by atoms with E-state index in [9.17, 15) is 4.79 Å². The summed E-state index contributed by atoms with van der Waals surface area (Å²) in [4.78, 5) is 28.4. The van der Waals surface area contributed by atoms with Gasteiger partial charge in [0.05, 0.1) is 22.8 Å². The summed E-state index contributed by atoms with van der Waals surface area (Å²) < 4.78 is 1.83. The van der Waals surface area contributed by atoms with Crippen LogP contribution in [0.4, 0.5) is 11.8 Å². The zero-order valence-corrected chi connectivity index (χ0v) is 20.0. The number of carbonyl (C=O) groups is 1. The van der Waals surface area contributed by atoms with E-state index in [1.807, 2.05) is 17.4 Å². The molecular weight excluding hydrogens is 462 g/mol. The van der Waals surface area contributed by atoms with Crippen LogP contribution >= 0.6 is 11.6 Å². The van der Waals surface area contributed by atoms with Crippen LogP contribution in [0.3, 0.4) is 0 Å².